The third kappa shape index (κ3) is 7.23. The second-order valence-electron chi connectivity index (χ2n) is 13.1. The van der Waals surface area contributed by atoms with E-state index in [0.717, 1.165) is 61.4 Å². The minimum Gasteiger partial charge on any atom is -0.397 e. The van der Waals surface area contributed by atoms with Crippen LogP contribution in [-0.2, 0) is 22.6 Å². The van der Waals surface area contributed by atoms with Crippen molar-refractivity contribution >= 4 is 40.8 Å². The van der Waals surface area contributed by atoms with Crippen molar-refractivity contribution in [3.8, 4) is 0 Å². The Bertz CT molecular complexity index is 1370. The van der Waals surface area contributed by atoms with E-state index >= 15 is 0 Å². The van der Waals surface area contributed by atoms with Crippen LogP contribution in [0.15, 0.2) is 36.4 Å². The molecule has 4 N–H and O–H groups in total. The predicted molar refractivity (Wildman–Crippen MR) is 177 cm³/mol. The Morgan fingerprint density at radius 1 is 0.956 bits per heavy atom. The summed E-state index contributed by atoms with van der Waals surface area (Å²) in [6, 6.07) is 12.2. The van der Waals surface area contributed by atoms with Crippen LogP contribution in [0.4, 0.5) is 16.2 Å². The molecule has 3 fully saturated rings. The van der Waals surface area contributed by atoms with Gasteiger partial charge >= 0.3 is 6.03 Å². The summed E-state index contributed by atoms with van der Waals surface area (Å²) in [6.07, 6.45) is 3.94. The molecule has 2 aromatic rings. The van der Waals surface area contributed by atoms with Crippen LogP contribution in [0, 0.1) is 12.8 Å². The molecular formula is C34H46ClN7O3. The number of aryl methyl sites for hydroxylation is 1. The lowest BCUT2D eigenvalue weighted by Gasteiger charge is -2.42. The van der Waals surface area contributed by atoms with E-state index in [2.05, 4.69) is 15.5 Å². The van der Waals surface area contributed by atoms with Crippen molar-refractivity contribution < 1.29 is 14.4 Å². The molecule has 10 nitrogen and oxygen atoms in total. The summed E-state index contributed by atoms with van der Waals surface area (Å²) in [5.41, 5.74) is 10.4. The van der Waals surface area contributed by atoms with Gasteiger partial charge in [0.25, 0.3) is 0 Å². The van der Waals surface area contributed by atoms with Gasteiger partial charge in [-0.15, -0.1) is 0 Å². The number of nitrogens with two attached hydrogens (primary N) is 1. The van der Waals surface area contributed by atoms with Crippen molar-refractivity contribution in [2.75, 3.05) is 63.4 Å². The zero-order valence-electron chi connectivity index (χ0n) is 26.3. The maximum absolute atomic E-state index is 14.1. The number of benzene rings is 2. The lowest BCUT2D eigenvalue weighted by molar-refractivity contribution is -0.143. The maximum atomic E-state index is 14.1. The zero-order valence-corrected chi connectivity index (χ0v) is 27.0. The van der Waals surface area contributed by atoms with Crippen molar-refractivity contribution in [3.63, 3.8) is 0 Å². The van der Waals surface area contributed by atoms with Crippen molar-refractivity contribution in [3.05, 3.63) is 58.1 Å². The number of nitrogen functional groups attached to an aromatic ring is 1. The fraction of sp³-hybridized carbons (Fsp3) is 0.559. The van der Waals surface area contributed by atoms with Crippen LogP contribution >= 0.6 is 11.6 Å². The average molecular weight is 636 g/mol. The number of hydrogen-bond donors (Lipinski definition) is 3. The second kappa shape index (κ2) is 14.0. The third-order valence-electron chi connectivity index (χ3n) is 10.2. The first-order chi connectivity index (χ1) is 21.8. The van der Waals surface area contributed by atoms with Gasteiger partial charge in [0.1, 0.15) is 0 Å². The number of hydrogen-bond acceptors (Lipinski definition) is 6. The SMILES string of the molecule is Cc1cc(C[C@@H](CC(=O)N2CCC(N3Cc4ccccc4NC3=O)CC2)C(=O)N2CCC(N3CCNCC3)CC2)cc(Cl)c1N. The largest absolute Gasteiger partial charge is 0.397 e. The van der Waals surface area contributed by atoms with E-state index in [4.69, 9.17) is 17.3 Å². The lowest BCUT2D eigenvalue weighted by atomic mass is 9.91. The molecule has 0 saturated carbocycles. The van der Waals surface area contributed by atoms with Gasteiger partial charge in [-0.05, 0) is 67.9 Å². The molecule has 242 valence electrons. The van der Waals surface area contributed by atoms with Gasteiger partial charge in [-0.2, -0.15) is 0 Å². The number of carbonyl (C=O) groups is 3. The molecule has 0 unspecified atom stereocenters. The van der Waals surface area contributed by atoms with Crippen molar-refractivity contribution in [2.24, 2.45) is 5.92 Å². The van der Waals surface area contributed by atoms with E-state index in [1.807, 2.05) is 58.0 Å². The quantitative estimate of drug-likeness (QED) is 0.400. The molecule has 3 saturated heterocycles. The topological polar surface area (TPSA) is 114 Å². The minimum absolute atomic E-state index is 0.00536. The molecule has 4 amide bonds. The molecule has 11 heteroatoms. The number of para-hydroxylation sites is 1. The number of rotatable bonds is 7. The third-order valence-corrected chi connectivity index (χ3v) is 10.5. The number of carbonyl (C=O) groups excluding carboxylic acids is 3. The first-order valence-electron chi connectivity index (χ1n) is 16.5. The molecule has 1 atom stereocenters. The van der Waals surface area contributed by atoms with Gasteiger partial charge in [0.05, 0.1) is 16.6 Å². The van der Waals surface area contributed by atoms with Crippen LogP contribution in [0.1, 0.15) is 48.8 Å². The highest BCUT2D eigenvalue weighted by molar-refractivity contribution is 6.33. The molecule has 0 spiro atoms. The number of fused-ring (bicyclic) bond motifs is 1. The average Bonchev–Trinajstić information content (AvgIpc) is 3.06. The van der Waals surface area contributed by atoms with Gasteiger partial charge in [-0.25, -0.2) is 4.79 Å². The van der Waals surface area contributed by atoms with Crippen LogP contribution < -0.4 is 16.4 Å². The fourth-order valence-electron chi connectivity index (χ4n) is 7.52. The lowest BCUT2D eigenvalue weighted by Crippen LogP contribution is -2.53. The van der Waals surface area contributed by atoms with Gasteiger partial charge in [0.2, 0.25) is 11.8 Å². The summed E-state index contributed by atoms with van der Waals surface area (Å²) in [5, 5.41) is 6.91. The zero-order chi connectivity index (χ0) is 31.5. The number of piperazine rings is 1. The van der Waals surface area contributed by atoms with E-state index in [0.29, 0.717) is 68.7 Å². The van der Waals surface area contributed by atoms with Crippen LogP contribution in [0.25, 0.3) is 0 Å². The minimum atomic E-state index is -0.477. The Morgan fingerprint density at radius 2 is 1.62 bits per heavy atom. The molecule has 0 radical (unpaired) electrons. The summed E-state index contributed by atoms with van der Waals surface area (Å²) in [6.45, 7) is 9.20. The molecule has 0 bridgehead atoms. The van der Waals surface area contributed by atoms with Crippen molar-refractivity contribution in [1.29, 1.82) is 0 Å². The standard InChI is InChI=1S/C34H46ClN7O3/c1-23-18-24(20-29(35)32(23)36)19-26(33(44)41-14-6-27(7-15-41)39-16-10-37-11-17-39)21-31(43)40-12-8-28(9-13-40)42-22-25-4-2-3-5-30(25)38-34(42)45/h2-5,18,20,26-28,37H,6-17,19,21-22,36H2,1H3,(H,38,45)/t26-/m0/s1. The summed E-state index contributed by atoms with van der Waals surface area (Å²) in [4.78, 5) is 49.0. The molecule has 0 aliphatic carbocycles. The van der Waals surface area contributed by atoms with Gasteiger partial charge in [-0.1, -0.05) is 35.9 Å². The number of anilines is 2. The Labute approximate surface area is 271 Å². The molecule has 6 rings (SSSR count). The Hall–Kier alpha value is -3.34. The van der Waals surface area contributed by atoms with Gasteiger partial charge in [0, 0.05) is 83.1 Å². The van der Waals surface area contributed by atoms with E-state index in [1.54, 1.807) is 0 Å². The second-order valence-corrected chi connectivity index (χ2v) is 13.5. The van der Waals surface area contributed by atoms with E-state index in [1.165, 1.54) is 0 Å². The summed E-state index contributed by atoms with van der Waals surface area (Å²) < 4.78 is 0. The molecule has 0 aromatic heterocycles. The van der Waals surface area contributed by atoms with Crippen LogP contribution in [0.2, 0.25) is 5.02 Å². The van der Waals surface area contributed by atoms with E-state index < -0.39 is 5.92 Å². The van der Waals surface area contributed by atoms with Crippen LogP contribution in [-0.4, -0.2) is 102 Å². The number of amides is 4. The van der Waals surface area contributed by atoms with Crippen LogP contribution in [0.3, 0.4) is 0 Å². The van der Waals surface area contributed by atoms with E-state index in [-0.39, 0.29) is 30.3 Å². The number of nitrogens with one attached hydrogen (secondary N) is 2. The Kier molecular flexibility index (Phi) is 9.82. The van der Waals surface area contributed by atoms with Gasteiger partial charge in [0.15, 0.2) is 0 Å². The number of urea groups is 1. The van der Waals surface area contributed by atoms with Crippen LogP contribution in [0.5, 0.6) is 0 Å². The molecule has 45 heavy (non-hydrogen) atoms. The number of piperidine rings is 2. The van der Waals surface area contributed by atoms with Gasteiger partial charge < -0.3 is 31.1 Å². The smallest absolute Gasteiger partial charge is 0.322 e. The Balaban J connectivity index is 1.09. The van der Waals surface area contributed by atoms with Crippen molar-refractivity contribution in [1.82, 2.24) is 24.9 Å². The van der Waals surface area contributed by atoms with E-state index in [9.17, 15) is 14.4 Å². The summed E-state index contributed by atoms with van der Waals surface area (Å²) >= 11 is 6.43. The normalized spacial score (nSPS) is 20.9. The molecule has 2 aromatic carbocycles. The Morgan fingerprint density at radius 3 is 2.33 bits per heavy atom. The number of likely N-dealkylation sites (tertiary alicyclic amines) is 2. The highest BCUT2D eigenvalue weighted by Crippen LogP contribution is 2.30. The first-order valence-corrected chi connectivity index (χ1v) is 16.9. The number of nitrogens with zero attached hydrogens (tertiary/aromatic N) is 4. The highest BCUT2D eigenvalue weighted by Gasteiger charge is 2.36. The summed E-state index contributed by atoms with van der Waals surface area (Å²) in [7, 11) is 0. The fourth-order valence-corrected chi connectivity index (χ4v) is 7.81. The maximum Gasteiger partial charge on any atom is 0.322 e. The molecular weight excluding hydrogens is 590 g/mol. The molecule has 4 heterocycles. The summed E-state index contributed by atoms with van der Waals surface area (Å²) in [5.74, 6) is -0.435. The monoisotopic (exact) mass is 635 g/mol. The molecule has 4 aliphatic rings. The van der Waals surface area contributed by atoms with Crippen molar-refractivity contribution in [2.45, 2.75) is 64.1 Å². The first kappa shape index (κ1) is 31.6. The van der Waals surface area contributed by atoms with Gasteiger partial charge in [-0.3, -0.25) is 14.5 Å². The predicted octanol–water partition coefficient (Wildman–Crippen LogP) is 3.71. The molecule has 4 aliphatic heterocycles. The highest BCUT2D eigenvalue weighted by atomic mass is 35.5. The number of halogens is 1.